The molecule has 3 aromatic rings. The number of hydrazine groups is 1. The highest BCUT2D eigenvalue weighted by molar-refractivity contribution is 5.80. The van der Waals surface area contributed by atoms with Crippen molar-refractivity contribution in [2.45, 2.75) is 39.2 Å². The molecule has 1 aromatic heterocycles. The Kier molecular flexibility index (Phi) is 5.99. The second-order valence-electron chi connectivity index (χ2n) is 7.55. The lowest BCUT2D eigenvalue weighted by Crippen LogP contribution is -2.41. The summed E-state index contributed by atoms with van der Waals surface area (Å²) in [6.45, 7) is 5.07. The van der Waals surface area contributed by atoms with Gasteiger partial charge < -0.3 is 5.43 Å². The van der Waals surface area contributed by atoms with Crippen LogP contribution in [0.4, 0.5) is 0 Å². The lowest BCUT2D eigenvalue weighted by Gasteiger charge is -2.25. The van der Waals surface area contributed by atoms with Crippen molar-refractivity contribution in [1.29, 1.82) is 0 Å². The minimum atomic E-state index is 0.0616. The first-order valence-electron chi connectivity index (χ1n) is 10.3. The molecule has 154 valence electrons. The van der Waals surface area contributed by atoms with Gasteiger partial charge in [0, 0.05) is 23.4 Å². The van der Waals surface area contributed by atoms with Crippen LogP contribution in [0.3, 0.4) is 0 Å². The zero-order valence-electron chi connectivity index (χ0n) is 17.3. The number of aldehydes is 1. The van der Waals surface area contributed by atoms with E-state index in [1.54, 1.807) is 0 Å². The van der Waals surface area contributed by atoms with E-state index in [1.165, 1.54) is 5.56 Å². The molecule has 2 N–H and O–H groups in total. The van der Waals surface area contributed by atoms with Crippen molar-refractivity contribution in [2.75, 3.05) is 6.54 Å². The van der Waals surface area contributed by atoms with Crippen LogP contribution < -0.4 is 5.43 Å². The van der Waals surface area contributed by atoms with Crippen LogP contribution in [0.1, 0.15) is 32.3 Å². The molecule has 4 rings (SSSR count). The number of benzene rings is 2. The van der Waals surface area contributed by atoms with Gasteiger partial charge in [0.1, 0.15) is 6.29 Å². The van der Waals surface area contributed by atoms with E-state index in [2.05, 4.69) is 68.3 Å². The average Bonchev–Trinajstić information content (AvgIpc) is 3.41. The standard InChI is InChI=1S/C23H26N6O/c1-3-4-13-29-22(21(15-30)16(2)26-29)14-17-9-11-18(12-10-17)19-7-5-6-8-20(19)23-24-27-28-25-23/h5-12,15,22,26H,3-4,13-14H2,1-2H3,(H,24,25,27,28). The van der Waals surface area contributed by atoms with Crippen molar-refractivity contribution in [3.05, 3.63) is 65.4 Å². The number of hydrogen-bond donors (Lipinski definition) is 2. The maximum Gasteiger partial charge on any atom is 0.205 e. The quantitative estimate of drug-likeness (QED) is 0.561. The zero-order valence-corrected chi connectivity index (χ0v) is 17.3. The maximum atomic E-state index is 11.7. The van der Waals surface area contributed by atoms with Gasteiger partial charge in [-0.3, -0.25) is 4.79 Å². The fourth-order valence-electron chi connectivity index (χ4n) is 3.95. The molecule has 30 heavy (non-hydrogen) atoms. The number of hydrogen-bond acceptors (Lipinski definition) is 6. The number of tetrazole rings is 1. The summed E-state index contributed by atoms with van der Waals surface area (Å²) in [5.41, 5.74) is 9.46. The van der Waals surface area contributed by atoms with Crippen LogP contribution in [0.25, 0.3) is 22.5 Å². The first kappa shape index (κ1) is 20.0. The average molecular weight is 403 g/mol. The predicted molar refractivity (Wildman–Crippen MR) is 116 cm³/mol. The number of rotatable bonds is 8. The Morgan fingerprint density at radius 1 is 1.10 bits per heavy atom. The third-order valence-corrected chi connectivity index (χ3v) is 5.57. The summed E-state index contributed by atoms with van der Waals surface area (Å²) in [4.78, 5) is 11.7. The van der Waals surface area contributed by atoms with Gasteiger partial charge in [-0.05, 0) is 41.7 Å². The van der Waals surface area contributed by atoms with Crippen LogP contribution >= 0.6 is 0 Å². The van der Waals surface area contributed by atoms with Crippen LogP contribution in [0, 0.1) is 0 Å². The molecule has 0 aliphatic carbocycles. The van der Waals surface area contributed by atoms with E-state index in [9.17, 15) is 4.79 Å². The van der Waals surface area contributed by atoms with Gasteiger partial charge in [0.15, 0.2) is 0 Å². The Bertz CT molecular complexity index is 1030. The minimum Gasteiger partial charge on any atom is -0.322 e. The smallest absolute Gasteiger partial charge is 0.205 e. The van der Waals surface area contributed by atoms with E-state index in [0.717, 1.165) is 60.1 Å². The summed E-state index contributed by atoms with van der Waals surface area (Å²) in [7, 11) is 0. The summed E-state index contributed by atoms with van der Waals surface area (Å²) in [5.74, 6) is 0.578. The van der Waals surface area contributed by atoms with Crippen molar-refractivity contribution in [1.82, 2.24) is 31.1 Å². The maximum absolute atomic E-state index is 11.7. The molecule has 2 aromatic carbocycles. The molecule has 7 nitrogen and oxygen atoms in total. The Morgan fingerprint density at radius 2 is 1.87 bits per heavy atom. The van der Waals surface area contributed by atoms with Crippen LogP contribution in [0.2, 0.25) is 0 Å². The van der Waals surface area contributed by atoms with E-state index in [1.807, 2.05) is 25.1 Å². The summed E-state index contributed by atoms with van der Waals surface area (Å²) < 4.78 is 0. The number of aromatic amines is 1. The third-order valence-electron chi connectivity index (χ3n) is 5.57. The second kappa shape index (κ2) is 9.00. The Morgan fingerprint density at radius 3 is 2.53 bits per heavy atom. The molecule has 0 bridgehead atoms. The van der Waals surface area contributed by atoms with Crippen LogP contribution in [0.15, 0.2) is 59.8 Å². The van der Waals surface area contributed by atoms with E-state index < -0.39 is 0 Å². The predicted octanol–water partition coefficient (Wildman–Crippen LogP) is 3.54. The summed E-state index contributed by atoms with van der Waals surface area (Å²) in [6, 6.07) is 16.6. The zero-order chi connectivity index (χ0) is 20.9. The molecule has 0 saturated heterocycles. The van der Waals surface area contributed by atoms with Gasteiger partial charge in [0.2, 0.25) is 5.82 Å². The fraction of sp³-hybridized carbons (Fsp3) is 0.304. The summed E-state index contributed by atoms with van der Waals surface area (Å²) in [6.07, 6.45) is 3.99. The highest BCUT2D eigenvalue weighted by Crippen LogP contribution is 2.30. The Balaban J connectivity index is 1.57. The third kappa shape index (κ3) is 4.02. The van der Waals surface area contributed by atoms with Crippen molar-refractivity contribution in [3.63, 3.8) is 0 Å². The number of nitrogens with one attached hydrogen (secondary N) is 2. The number of nitrogens with zero attached hydrogens (tertiary/aromatic N) is 4. The number of aromatic nitrogens is 4. The largest absolute Gasteiger partial charge is 0.322 e. The molecule has 0 amide bonds. The molecule has 1 unspecified atom stereocenters. The molecule has 0 saturated carbocycles. The monoisotopic (exact) mass is 402 g/mol. The topological polar surface area (TPSA) is 86.8 Å². The number of carbonyl (C=O) groups is 1. The number of H-pyrrole nitrogens is 1. The molecular formula is C23H26N6O. The van der Waals surface area contributed by atoms with E-state index in [-0.39, 0.29) is 6.04 Å². The molecule has 0 fully saturated rings. The van der Waals surface area contributed by atoms with Gasteiger partial charge in [-0.1, -0.05) is 61.9 Å². The minimum absolute atomic E-state index is 0.0616. The van der Waals surface area contributed by atoms with Gasteiger partial charge in [0.05, 0.1) is 6.04 Å². The second-order valence-corrected chi connectivity index (χ2v) is 7.55. The SMILES string of the molecule is CCCCN1NC(C)=C(C=O)C1Cc1ccc(-c2ccccc2-c2nn[nH]n2)cc1. The van der Waals surface area contributed by atoms with Gasteiger partial charge in [-0.15, -0.1) is 10.2 Å². The van der Waals surface area contributed by atoms with Crippen LogP contribution in [-0.2, 0) is 11.2 Å². The highest BCUT2D eigenvalue weighted by Gasteiger charge is 2.30. The van der Waals surface area contributed by atoms with Gasteiger partial charge >= 0.3 is 0 Å². The Hall–Kier alpha value is -3.32. The lowest BCUT2D eigenvalue weighted by atomic mass is 9.95. The van der Waals surface area contributed by atoms with Crippen molar-refractivity contribution in [2.24, 2.45) is 0 Å². The first-order valence-corrected chi connectivity index (χ1v) is 10.3. The van der Waals surface area contributed by atoms with Gasteiger partial charge in [-0.2, -0.15) is 5.21 Å². The summed E-state index contributed by atoms with van der Waals surface area (Å²) in [5, 5.41) is 16.6. The number of unbranched alkanes of at least 4 members (excludes halogenated alkanes) is 1. The molecule has 1 atom stereocenters. The van der Waals surface area contributed by atoms with Crippen molar-refractivity contribution < 1.29 is 4.79 Å². The molecule has 0 spiro atoms. The molecule has 1 aliphatic rings. The van der Waals surface area contributed by atoms with Crippen molar-refractivity contribution in [3.8, 4) is 22.5 Å². The molecular weight excluding hydrogens is 376 g/mol. The molecule has 7 heteroatoms. The number of carbonyl (C=O) groups excluding carboxylic acids is 1. The normalized spacial score (nSPS) is 16.7. The number of allylic oxidation sites excluding steroid dienone is 1. The first-order chi connectivity index (χ1) is 14.7. The highest BCUT2D eigenvalue weighted by atomic mass is 16.1. The van der Waals surface area contributed by atoms with E-state index in [0.29, 0.717) is 5.82 Å². The van der Waals surface area contributed by atoms with Gasteiger partial charge in [0.25, 0.3) is 0 Å². The van der Waals surface area contributed by atoms with Crippen LogP contribution in [-0.4, -0.2) is 44.5 Å². The molecule has 2 heterocycles. The lowest BCUT2D eigenvalue weighted by molar-refractivity contribution is -0.105. The van der Waals surface area contributed by atoms with Crippen LogP contribution in [0.5, 0.6) is 0 Å². The molecule has 1 aliphatic heterocycles. The fourth-order valence-corrected chi connectivity index (χ4v) is 3.95. The Labute approximate surface area is 176 Å². The van der Waals surface area contributed by atoms with Crippen molar-refractivity contribution >= 4 is 6.29 Å². The van der Waals surface area contributed by atoms with E-state index >= 15 is 0 Å². The van der Waals surface area contributed by atoms with Gasteiger partial charge in [-0.25, -0.2) is 5.01 Å². The summed E-state index contributed by atoms with van der Waals surface area (Å²) >= 11 is 0. The molecule has 0 radical (unpaired) electrons. The van der Waals surface area contributed by atoms with E-state index in [4.69, 9.17) is 0 Å².